The Bertz CT molecular complexity index is 384. The van der Waals surface area contributed by atoms with E-state index in [4.69, 9.17) is 0 Å². The smallest absolute Gasteiger partial charge is 0.370 e. The van der Waals surface area contributed by atoms with Gasteiger partial charge in [0.15, 0.2) is 0 Å². The summed E-state index contributed by atoms with van der Waals surface area (Å²) in [4.78, 5) is 3.78. The molecule has 1 heterocycles. The Morgan fingerprint density at radius 2 is 2.00 bits per heavy atom. The van der Waals surface area contributed by atoms with Crippen molar-refractivity contribution in [2.75, 3.05) is 11.9 Å². The minimum absolute atomic E-state index is 0.0528. The molecule has 0 atom stereocenters. The van der Waals surface area contributed by atoms with Crippen molar-refractivity contribution in [3.63, 3.8) is 0 Å². The predicted molar refractivity (Wildman–Crippen MR) is 64.3 cm³/mol. The van der Waals surface area contributed by atoms with Crippen molar-refractivity contribution in [1.82, 2.24) is 4.98 Å². The lowest BCUT2D eigenvalue weighted by Gasteiger charge is -2.14. The number of pyridine rings is 1. The van der Waals surface area contributed by atoms with Gasteiger partial charge in [0.1, 0.15) is 5.82 Å². The molecule has 0 aliphatic heterocycles. The molecule has 1 N–H and O–H groups in total. The van der Waals surface area contributed by atoms with E-state index in [0.717, 1.165) is 12.5 Å². The van der Waals surface area contributed by atoms with Gasteiger partial charge in [-0.3, -0.25) is 0 Å². The zero-order valence-electron chi connectivity index (χ0n) is 10.1. The molecule has 0 spiro atoms. The summed E-state index contributed by atoms with van der Waals surface area (Å²) in [6.45, 7) is 0.560. The normalized spacial score (nSPS) is 17.1. The van der Waals surface area contributed by atoms with Crippen LogP contribution in [0, 0.1) is 5.92 Å². The summed E-state index contributed by atoms with van der Waals surface area (Å²) in [6.07, 6.45) is 2.88. The Labute approximate surface area is 105 Å². The highest BCUT2D eigenvalue weighted by molar-refractivity contribution is 5.45. The molecule has 18 heavy (non-hydrogen) atoms. The van der Waals surface area contributed by atoms with Gasteiger partial charge in [-0.15, -0.1) is 0 Å². The Balaban J connectivity index is 1.92. The topological polar surface area (TPSA) is 24.9 Å². The maximum absolute atomic E-state index is 12.7. The maximum Gasteiger partial charge on any atom is 0.419 e. The molecule has 1 fully saturated rings. The largest absolute Gasteiger partial charge is 0.419 e. The molecule has 0 bridgehead atoms. The van der Waals surface area contributed by atoms with Crippen molar-refractivity contribution in [3.05, 3.63) is 23.9 Å². The van der Waals surface area contributed by atoms with Crippen molar-refractivity contribution in [2.24, 2.45) is 5.92 Å². The number of hydrogen-bond donors (Lipinski definition) is 1. The molecule has 2 nitrogen and oxygen atoms in total. The number of hydrogen-bond acceptors (Lipinski definition) is 2. The number of halogens is 3. The molecule has 1 aliphatic rings. The molecule has 1 aromatic rings. The lowest BCUT2D eigenvalue weighted by Crippen LogP contribution is -2.14. The second-order valence-electron chi connectivity index (χ2n) is 4.76. The van der Waals surface area contributed by atoms with Crippen LogP contribution in [0.5, 0.6) is 0 Å². The first-order valence-electron chi connectivity index (χ1n) is 6.33. The minimum atomic E-state index is -4.34. The van der Waals surface area contributed by atoms with E-state index in [-0.39, 0.29) is 5.82 Å². The van der Waals surface area contributed by atoms with Crippen molar-refractivity contribution in [2.45, 2.75) is 38.3 Å². The van der Waals surface area contributed by atoms with E-state index < -0.39 is 11.7 Å². The van der Waals surface area contributed by atoms with Crippen LogP contribution in [0.2, 0.25) is 0 Å². The van der Waals surface area contributed by atoms with Crippen LogP contribution in [-0.2, 0) is 6.18 Å². The highest BCUT2D eigenvalue weighted by Gasteiger charge is 2.33. The van der Waals surface area contributed by atoms with Crippen LogP contribution >= 0.6 is 0 Å². The molecule has 1 saturated carbocycles. The van der Waals surface area contributed by atoms with Gasteiger partial charge in [0, 0.05) is 12.7 Å². The minimum Gasteiger partial charge on any atom is -0.370 e. The Morgan fingerprint density at radius 3 is 2.67 bits per heavy atom. The fourth-order valence-corrected chi connectivity index (χ4v) is 2.47. The third kappa shape index (κ3) is 3.37. The number of anilines is 1. The van der Waals surface area contributed by atoms with Crippen molar-refractivity contribution >= 4 is 5.82 Å². The molecule has 0 aromatic carbocycles. The summed E-state index contributed by atoms with van der Waals surface area (Å²) in [5.74, 6) is 0.610. The summed E-state index contributed by atoms with van der Waals surface area (Å²) in [6, 6.07) is 2.37. The van der Waals surface area contributed by atoms with Crippen LogP contribution in [0.1, 0.15) is 37.7 Å². The third-order valence-corrected chi connectivity index (χ3v) is 3.43. The zero-order valence-corrected chi connectivity index (χ0v) is 10.1. The Hall–Kier alpha value is -1.26. The molecular formula is C13H17F3N2. The molecule has 1 aromatic heterocycles. The lowest BCUT2D eigenvalue weighted by atomic mass is 10.0. The van der Waals surface area contributed by atoms with Crippen molar-refractivity contribution in [1.29, 1.82) is 0 Å². The fourth-order valence-electron chi connectivity index (χ4n) is 2.47. The number of nitrogens with one attached hydrogen (secondary N) is 1. The van der Waals surface area contributed by atoms with Crippen LogP contribution in [0.25, 0.3) is 0 Å². The SMILES string of the molecule is FC(F)(F)c1cccnc1NCCC1CCCC1. The van der Waals surface area contributed by atoms with Gasteiger partial charge in [0.05, 0.1) is 5.56 Å². The van der Waals surface area contributed by atoms with E-state index in [9.17, 15) is 13.2 Å². The maximum atomic E-state index is 12.7. The summed E-state index contributed by atoms with van der Waals surface area (Å²) >= 11 is 0. The first-order valence-corrected chi connectivity index (χ1v) is 6.33. The van der Waals surface area contributed by atoms with Crippen LogP contribution in [0.4, 0.5) is 19.0 Å². The van der Waals surface area contributed by atoms with Gasteiger partial charge in [-0.2, -0.15) is 13.2 Å². The Kier molecular flexibility index (Phi) is 4.09. The van der Waals surface area contributed by atoms with Gasteiger partial charge in [0.2, 0.25) is 0 Å². The average Bonchev–Trinajstić information content (AvgIpc) is 2.81. The van der Waals surface area contributed by atoms with Crippen molar-refractivity contribution < 1.29 is 13.2 Å². The second-order valence-corrected chi connectivity index (χ2v) is 4.76. The highest BCUT2D eigenvalue weighted by atomic mass is 19.4. The zero-order chi connectivity index (χ0) is 13.0. The van der Waals surface area contributed by atoms with Crippen LogP contribution in [-0.4, -0.2) is 11.5 Å². The standard InChI is InChI=1S/C13H17F3N2/c14-13(15,16)11-6-3-8-17-12(11)18-9-7-10-4-1-2-5-10/h3,6,8,10H,1-2,4-5,7,9H2,(H,17,18). The second kappa shape index (κ2) is 5.59. The van der Waals surface area contributed by atoms with Gasteiger partial charge < -0.3 is 5.32 Å². The molecule has 2 rings (SSSR count). The predicted octanol–water partition coefficient (Wildman–Crippen LogP) is 4.09. The number of aromatic nitrogens is 1. The number of nitrogens with zero attached hydrogens (tertiary/aromatic N) is 1. The first-order chi connectivity index (χ1) is 8.57. The van der Waals surface area contributed by atoms with E-state index in [0.29, 0.717) is 12.5 Å². The van der Waals surface area contributed by atoms with Gasteiger partial charge >= 0.3 is 6.18 Å². The molecule has 0 saturated heterocycles. The van der Waals surface area contributed by atoms with Gasteiger partial charge in [-0.1, -0.05) is 25.7 Å². The van der Waals surface area contributed by atoms with Gasteiger partial charge in [0.25, 0.3) is 0 Å². The van der Waals surface area contributed by atoms with Gasteiger partial charge in [-0.05, 0) is 24.5 Å². The summed E-state index contributed by atoms with van der Waals surface area (Å²) < 4.78 is 38.1. The van der Waals surface area contributed by atoms with Crippen molar-refractivity contribution in [3.8, 4) is 0 Å². The summed E-state index contributed by atoms with van der Waals surface area (Å²) in [7, 11) is 0. The van der Waals surface area contributed by atoms with E-state index in [2.05, 4.69) is 10.3 Å². The molecule has 5 heteroatoms. The molecule has 0 radical (unpaired) electrons. The monoisotopic (exact) mass is 258 g/mol. The quantitative estimate of drug-likeness (QED) is 0.879. The van der Waals surface area contributed by atoms with Crippen LogP contribution < -0.4 is 5.32 Å². The lowest BCUT2D eigenvalue weighted by molar-refractivity contribution is -0.137. The molecular weight excluding hydrogens is 241 g/mol. The number of alkyl halides is 3. The van der Waals surface area contributed by atoms with E-state index >= 15 is 0 Å². The first kappa shape index (κ1) is 13.2. The highest BCUT2D eigenvalue weighted by Crippen LogP contribution is 2.33. The number of rotatable bonds is 4. The Morgan fingerprint density at radius 1 is 1.28 bits per heavy atom. The fraction of sp³-hybridized carbons (Fsp3) is 0.615. The summed E-state index contributed by atoms with van der Waals surface area (Å²) in [5.41, 5.74) is -0.684. The summed E-state index contributed by atoms with van der Waals surface area (Å²) in [5, 5.41) is 2.82. The molecule has 0 unspecified atom stereocenters. The van der Waals surface area contributed by atoms with Crippen LogP contribution in [0.15, 0.2) is 18.3 Å². The molecule has 0 amide bonds. The molecule has 1 aliphatic carbocycles. The van der Waals surface area contributed by atoms with Gasteiger partial charge in [-0.25, -0.2) is 4.98 Å². The van der Waals surface area contributed by atoms with E-state index in [1.807, 2.05) is 0 Å². The third-order valence-electron chi connectivity index (χ3n) is 3.43. The van der Waals surface area contributed by atoms with Crippen LogP contribution in [0.3, 0.4) is 0 Å². The van der Waals surface area contributed by atoms with E-state index in [1.165, 1.54) is 37.9 Å². The van der Waals surface area contributed by atoms with E-state index in [1.54, 1.807) is 0 Å². The average molecular weight is 258 g/mol. The molecule has 100 valence electrons.